The Labute approximate surface area is 195 Å². The van der Waals surface area contributed by atoms with Crippen LogP contribution in [-0.2, 0) is 9.53 Å². The van der Waals surface area contributed by atoms with Crippen LogP contribution in [0.2, 0.25) is 0 Å². The molecule has 1 N–H and O–H groups in total. The zero-order valence-electron chi connectivity index (χ0n) is 20.9. The van der Waals surface area contributed by atoms with Crippen molar-refractivity contribution in [1.29, 1.82) is 0 Å². The number of allylic oxidation sites excluding steroid dienone is 1. The summed E-state index contributed by atoms with van der Waals surface area (Å²) in [7, 11) is 0. The predicted molar refractivity (Wildman–Crippen MR) is 128 cm³/mol. The first-order chi connectivity index (χ1) is 15.2. The van der Waals surface area contributed by atoms with Crippen LogP contribution in [0, 0.1) is 46.3 Å². The number of aliphatic hydroxyl groups is 1. The fraction of sp³-hybridized carbons (Fsp3) is 0.897. The van der Waals surface area contributed by atoms with Gasteiger partial charge in [0.15, 0.2) is 0 Å². The van der Waals surface area contributed by atoms with Crippen LogP contribution >= 0.6 is 0 Å². The molecule has 0 amide bonds. The van der Waals surface area contributed by atoms with E-state index < -0.39 is 0 Å². The maximum absolute atomic E-state index is 11.5. The van der Waals surface area contributed by atoms with E-state index in [4.69, 9.17) is 4.74 Å². The predicted octanol–water partition coefficient (Wildman–Crippen LogP) is 6.68. The second-order valence-corrected chi connectivity index (χ2v) is 12.9. The van der Waals surface area contributed by atoms with Crippen molar-refractivity contribution in [2.75, 3.05) is 0 Å². The average molecular weight is 443 g/mol. The van der Waals surface area contributed by atoms with Crippen molar-refractivity contribution in [3.05, 3.63) is 11.6 Å². The van der Waals surface area contributed by atoms with Gasteiger partial charge in [0, 0.05) is 13.3 Å². The van der Waals surface area contributed by atoms with Crippen LogP contribution in [0.3, 0.4) is 0 Å². The van der Waals surface area contributed by atoms with Crippen LogP contribution in [0.5, 0.6) is 0 Å². The lowest BCUT2D eigenvalue weighted by Crippen LogP contribution is -2.51. The van der Waals surface area contributed by atoms with Crippen molar-refractivity contribution >= 4 is 5.97 Å². The first-order valence-corrected chi connectivity index (χ1v) is 13.8. The molecule has 0 aromatic carbocycles. The normalized spacial score (nSPS) is 45.2. The van der Waals surface area contributed by atoms with Gasteiger partial charge in [0.05, 0.1) is 6.10 Å². The average Bonchev–Trinajstić information content (AvgIpc) is 3.51. The smallest absolute Gasteiger partial charge is 0.302 e. The molecule has 3 nitrogen and oxygen atoms in total. The van der Waals surface area contributed by atoms with Gasteiger partial charge in [-0.1, -0.05) is 45.3 Å². The number of fused-ring (bicyclic) bond motifs is 5. The molecule has 180 valence electrons. The van der Waals surface area contributed by atoms with E-state index in [-0.39, 0.29) is 18.2 Å². The fourth-order valence-electron chi connectivity index (χ4n) is 9.21. The molecule has 4 saturated carbocycles. The van der Waals surface area contributed by atoms with Crippen molar-refractivity contribution < 1.29 is 14.6 Å². The van der Waals surface area contributed by atoms with E-state index in [1.807, 2.05) is 0 Å². The molecule has 5 aliphatic carbocycles. The number of carbonyl (C=O) groups excluding carboxylic acids is 1. The molecule has 0 aromatic heterocycles. The summed E-state index contributed by atoms with van der Waals surface area (Å²) in [6.45, 7) is 9.02. The lowest BCUT2D eigenvalue weighted by molar-refractivity contribution is -0.148. The zero-order chi connectivity index (χ0) is 22.7. The summed E-state index contributed by atoms with van der Waals surface area (Å²) >= 11 is 0. The molecule has 5 rings (SSSR count). The Bertz CT molecular complexity index is 754. The Hall–Kier alpha value is -0.830. The van der Waals surface area contributed by atoms with Crippen LogP contribution in [0.4, 0.5) is 0 Å². The Kier molecular flexibility index (Phi) is 6.05. The van der Waals surface area contributed by atoms with Gasteiger partial charge in [0.25, 0.3) is 0 Å². The lowest BCUT2D eigenvalue weighted by atomic mass is 9.47. The number of hydrogen-bond acceptors (Lipinski definition) is 3. The summed E-state index contributed by atoms with van der Waals surface area (Å²) in [4.78, 5) is 11.5. The van der Waals surface area contributed by atoms with E-state index in [1.165, 1.54) is 57.8 Å². The quantitative estimate of drug-likeness (QED) is 0.368. The van der Waals surface area contributed by atoms with Gasteiger partial charge in [-0.05, 0) is 104 Å². The number of aliphatic hydroxyl groups excluding tert-OH is 1. The van der Waals surface area contributed by atoms with E-state index in [9.17, 15) is 9.90 Å². The maximum Gasteiger partial charge on any atom is 0.302 e. The van der Waals surface area contributed by atoms with Gasteiger partial charge >= 0.3 is 5.97 Å². The van der Waals surface area contributed by atoms with Crippen molar-refractivity contribution in [2.45, 2.75) is 117 Å². The molecule has 0 spiro atoms. The van der Waals surface area contributed by atoms with Crippen molar-refractivity contribution in [2.24, 2.45) is 46.3 Å². The molecule has 0 aromatic rings. The van der Waals surface area contributed by atoms with Crippen LogP contribution in [0.25, 0.3) is 0 Å². The first kappa shape index (κ1) is 22.9. The highest BCUT2D eigenvalue weighted by Crippen LogP contribution is 2.67. The van der Waals surface area contributed by atoms with E-state index in [0.717, 1.165) is 42.9 Å². The largest absolute Gasteiger partial charge is 0.462 e. The third-order valence-electron chi connectivity index (χ3n) is 11.3. The van der Waals surface area contributed by atoms with Gasteiger partial charge in [-0.15, -0.1) is 0 Å². The summed E-state index contributed by atoms with van der Waals surface area (Å²) < 4.78 is 5.60. The molecule has 5 aliphatic rings. The van der Waals surface area contributed by atoms with E-state index in [2.05, 4.69) is 26.8 Å². The SMILES string of the molecule is CC(=O)O[C@H]1CC[C@@]2(C)C(=CC[C@H]3[C@@H]4CC[C@H]([C@H](C)[C@@H](O)CCC5CC5)[C@@]4(C)CC[C@@H]32)C1. The first-order valence-electron chi connectivity index (χ1n) is 13.8. The number of rotatable bonds is 6. The number of esters is 1. The summed E-state index contributed by atoms with van der Waals surface area (Å²) in [5.41, 5.74) is 2.28. The van der Waals surface area contributed by atoms with Crippen molar-refractivity contribution in [3.8, 4) is 0 Å². The zero-order valence-corrected chi connectivity index (χ0v) is 20.9. The molecule has 0 bridgehead atoms. The monoisotopic (exact) mass is 442 g/mol. The summed E-state index contributed by atoms with van der Waals surface area (Å²) in [5.74, 6) is 4.29. The second kappa shape index (κ2) is 8.43. The molecule has 0 radical (unpaired) electrons. The van der Waals surface area contributed by atoms with Gasteiger partial charge in [0.2, 0.25) is 0 Å². The summed E-state index contributed by atoms with van der Waals surface area (Å²) in [5, 5.41) is 11.0. The second-order valence-electron chi connectivity index (χ2n) is 12.9. The van der Waals surface area contributed by atoms with E-state index in [1.54, 1.807) is 12.5 Å². The maximum atomic E-state index is 11.5. The van der Waals surface area contributed by atoms with Crippen LogP contribution in [0.15, 0.2) is 11.6 Å². The number of ether oxygens (including phenoxy) is 1. The molecule has 4 fully saturated rings. The molecule has 3 heteroatoms. The van der Waals surface area contributed by atoms with Crippen molar-refractivity contribution in [1.82, 2.24) is 0 Å². The Morgan fingerprint density at radius 3 is 2.62 bits per heavy atom. The molecule has 0 aliphatic heterocycles. The topological polar surface area (TPSA) is 46.5 Å². The van der Waals surface area contributed by atoms with Crippen LogP contribution in [0.1, 0.15) is 105 Å². The number of carbonyl (C=O) groups is 1. The highest BCUT2D eigenvalue weighted by atomic mass is 16.5. The molecule has 32 heavy (non-hydrogen) atoms. The van der Waals surface area contributed by atoms with Gasteiger partial charge in [-0.3, -0.25) is 4.79 Å². The molecule has 9 atom stereocenters. The molecule has 0 heterocycles. The van der Waals surface area contributed by atoms with Gasteiger partial charge in [-0.25, -0.2) is 0 Å². The lowest BCUT2D eigenvalue weighted by Gasteiger charge is -2.58. The summed E-state index contributed by atoms with van der Waals surface area (Å²) in [6, 6.07) is 0. The third kappa shape index (κ3) is 3.89. The highest BCUT2D eigenvalue weighted by Gasteiger charge is 2.59. The third-order valence-corrected chi connectivity index (χ3v) is 11.3. The molecule has 0 unspecified atom stereocenters. The minimum atomic E-state index is -0.133. The molecular formula is C29H46O3. The van der Waals surface area contributed by atoms with Crippen LogP contribution in [-0.4, -0.2) is 23.3 Å². The number of hydrogen-bond donors (Lipinski definition) is 1. The molecular weight excluding hydrogens is 396 g/mol. The van der Waals surface area contributed by atoms with Gasteiger partial charge in [-0.2, -0.15) is 0 Å². The van der Waals surface area contributed by atoms with Crippen LogP contribution < -0.4 is 0 Å². The Morgan fingerprint density at radius 2 is 1.91 bits per heavy atom. The summed E-state index contributed by atoms with van der Waals surface area (Å²) in [6.07, 6.45) is 17.3. The van der Waals surface area contributed by atoms with Crippen molar-refractivity contribution in [3.63, 3.8) is 0 Å². The standard InChI is InChI=1S/C29H46O3/c1-18(27(31)12-7-20-5-6-20)24-10-11-25-23-9-8-21-17-22(32-19(2)30)13-15-28(21,3)26(23)14-16-29(24,25)4/h8,18,20,22-27,31H,5-7,9-17H2,1-4H3/t18-,22-,23-,24+,25-,26-,27-,28-,29+/m0/s1. The van der Waals surface area contributed by atoms with Gasteiger partial charge in [0.1, 0.15) is 6.10 Å². The Morgan fingerprint density at radius 1 is 1.12 bits per heavy atom. The van der Waals surface area contributed by atoms with E-state index >= 15 is 0 Å². The minimum Gasteiger partial charge on any atom is -0.462 e. The Balaban J connectivity index is 1.30. The molecule has 0 saturated heterocycles. The highest BCUT2D eigenvalue weighted by molar-refractivity contribution is 5.66. The fourth-order valence-corrected chi connectivity index (χ4v) is 9.21. The minimum absolute atomic E-state index is 0.0890. The van der Waals surface area contributed by atoms with Gasteiger partial charge < -0.3 is 9.84 Å². The van der Waals surface area contributed by atoms with E-state index in [0.29, 0.717) is 22.7 Å².